The molecule has 0 heterocycles. The van der Waals surface area contributed by atoms with Crippen molar-refractivity contribution in [1.29, 1.82) is 0 Å². The third-order valence-corrected chi connectivity index (χ3v) is 5.23. The minimum absolute atomic E-state index is 0.0752. The van der Waals surface area contributed by atoms with Gasteiger partial charge < -0.3 is 8.92 Å². The molecule has 3 aromatic carbocycles. The van der Waals surface area contributed by atoms with Crippen LogP contribution in [-0.2, 0) is 14.9 Å². The number of nitrogens with one attached hydrogen (secondary N) is 1. The first-order valence-corrected chi connectivity index (χ1v) is 10.4. The van der Waals surface area contributed by atoms with Crippen molar-refractivity contribution in [3.8, 4) is 11.5 Å². The molecule has 30 heavy (non-hydrogen) atoms. The van der Waals surface area contributed by atoms with Gasteiger partial charge in [-0.25, -0.2) is 5.43 Å². The van der Waals surface area contributed by atoms with Crippen molar-refractivity contribution in [2.45, 2.75) is 11.8 Å². The van der Waals surface area contributed by atoms with Crippen molar-refractivity contribution < 1.29 is 22.1 Å². The topological polar surface area (TPSA) is 94.1 Å². The molecule has 0 atom stereocenters. The molecule has 0 radical (unpaired) electrons. The highest BCUT2D eigenvalue weighted by atomic mass is 32.2. The van der Waals surface area contributed by atoms with Crippen molar-refractivity contribution in [3.63, 3.8) is 0 Å². The lowest BCUT2D eigenvalue weighted by Crippen LogP contribution is -2.24. The molecule has 0 aliphatic heterocycles. The lowest BCUT2D eigenvalue weighted by Gasteiger charge is -2.07. The number of hydrazone groups is 1. The maximum atomic E-state index is 12.2. The van der Waals surface area contributed by atoms with Gasteiger partial charge in [0.15, 0.2) is 6.61 Å². The zero-order valence-electron chi connectivity index (χ0n) is 16.2. The number of rotatable bonds is 8. The van der Waals surface area contributed by atoms with E-state index < -0.39 is 16.0 Å². The zero-order chi connectivity index (χ0) is 21.4. The number of hydrogen-bond donors (Lipinski definition) is 1. The summed E-state index contributed by atoms with van der Waals surface area (Å²) < 4.78 is 35.0. The zero-order valence-corrected chi connectivity index (χ0v) is 17.0. The predicted molar refractivity (Wildman–Crippen MR) is 113 cm³/mol. The van der Waals surface area contributed by atoms with Gasteiger partial charge in [-0.05, 0) is 60.5 Å². The van der Waals surface area contributed by atoms with Crippen LogP contribution in [0.15, 0.2) is 88.9 Å². The number of benzene rings is 3. The Hall–Kier alpha value is -3.65. The summed E-state index contributed by atoms with van der Waals surface area (Å²) in [6.07, 6.45) is 1.43. The lowest BCUT2D eigenvalue weighted by atomic mass is 10.2. The van der Waals surface area contributed by atoms with Crippen LogP contribution in [0.4, 0.5) is 0 Å². The van der Waals surface area contributed by atoms with Crippen molar-refractivity contribution in [2.24, 2.45) is 5.10 Å². The molecule has 0 aromatic heterocycles. The Morgan fingerprint density at radius 3 is 2.33 bits per heavy atom. The Morgan fingerprint density at radius 2 is 1.63 bits per heavy atom. The van der Waals surface area contributed by atoms with E-state index in [-0.39, 0.29) is 17.3 Å². The Kier molecular flexibility index (Phi) is 6.82. The number of carbonyl (C=O) groups is 1. The number of ether oxygens (including phenoxy) is 1. The van der Waals surface area contributed by atoms with Crippen LogP contribution in [0.25, 0.3) is 0 Å². The first kappa shape index (κ1) is 21.1. The standard InChI is InChI=1S/C22H20N2O5S/c1-17-7-5-6-10-21(17)28-16-22(25)24-23-15-18-11-13-19(14-12-18)29-30(26,27)20-8-3-2-4-9-20/h2-15H,16H2,1H3,(H,24,25). The van der Waals surface area contributed by atoms with Gasteiger partial charge in [0.1, 0.15) is 16.4 Å². The second-order valence-electron chi connectivity index (χ2n) is 6.27. The van der Waals surface area contributed by atoms with Gasteiger partial charge in [-0.2, -0.15) is 13.5 Å². The summed E-state index contributed by atoms with van der Waals surface area (Å²) >= 11 is 0. The first-order chi connectivity index (χ1) is 14.4. The molecule has 0 fully saturated rings. The van der Waals surface area contributed by atoms with E-state index in [4.69, 9.17) is 8.92 Å². The summed E-state index contributed by atoms with van der Waals surface area (Å²) in [7, 11) is -3.89. The van der Waals surface area contributed by atoms with Crippen LogP contribution < -0.4 is 14.3 Å². The molecule has 7 nitrogen and oxygen atoms in total. The third-order valence-electron chi connectivity index (χ3n) is 3.97. The van der Waals surface area contributed by atoms with Crippen molar-refractivity contribution in [1.82, 2.24) is 5.43 Å². The van der Waals surface area contributed by atoms with E-state index in [9.17, 15) is 13.2 Å². The molecule has 154 valence electrons. The normalized spacial score (nSPS) is 11.2. The molecule has 0 unspecified atom stereocenters. The van der Waals surface area contributed by atoms with Crippen LogP contribution in [-0.4, -0.2) is 27.1 Å². The molecular formula is C22H20N2O5S. The van der Waals surface area contributed by atoms with Crippen molar-refractivity contribution in [3.05, 3.63) is 90.0 Å². The molecule has 3 rings (SSSR count). The maximum Gasteiger partial charge on any atom is 0.339 e. The van der Waals surface area contributed by atoms with Crippen molar-refractivity contribution in [2.75, 3.05) is 6.61 Å². The summed E-state index contributed by atoms with van der Waals surface area (Å²) in [6.45, 7) is 1.73. The average molecular weight is 424 g/mol. The number of hydrogen-bond acceptors (Lipinski definition) is 6. The van der Waals surface area contributed by atoms with Crippen LogP contribution in [0.2, 0.25) is 0 Å². The number of amides is 1. The van der Waals surface area contributed by atoms with E-state index in [1.807, 2.05) is 25.1 Å². The number of carbonyl (C=O) groups excluding carboxylic acids is 1. The van der Waals surface area contributed by atoms with Crippen LogP contribution in [0.3, 0.4) is 0 Å². The van der Waals surface area contributed by atoms with Gasteiger partial charge in [0, 0.05) is 0 Å². The molecule has 0 aliphatic carbocycles. The second-order valence-corrected chi connectivity index (χ2v) is 7.81. The van der Waals surface area contributed by atoms with E-state index >= 15 is 0 Å². The van der Waals surface area contributed by atoms with E-state index in [0.717, 1.165) is 5.56 Å². The highest BCUT2D eigenvalue weighted by molar-refractivity contribution is 7.87. The van der Waals surface area contributed by atoms with Gasteiger partial charge >= 0.3 is 10.1 Å². The van der Waals surface area contributed by atoms with Crippen LogP contribution in [0.1, 0.15) is 11.1 Å². The van der Waals surface area contributed by atoms with Gasteiger partial charge in [-0.1, -0.05) is 36.4 Å². The van der Waals surface area contributed by atoms with Crippen LogP contribution >= 0.6 is 0 Å². The van der Waals surface area contributed by atoms with Crippen molar-refractivity contribution >= 4 is 22.2 Å². The molecule has 3 aromatic rings. The number of aryl methyl sites for hydroxylation is 1. The minimum Gasteiger partial charge on any atom is -0.483 e. The Bertz CT molecular complexity index is 1130. The predicted octanol–water partition coefficient (Wildman–Crippen LogP) is 3.29. The van der Waals surface area contributed by atoms with Gasteiger partial charge in [-0.3, -0.25) is 4.79 Å². The van der Waals surface area contributed by atoms with Crippen LogP contribution in [0, 0.1) is 6.92 Å². The lowest BCUT2D eigenvalue weighted by molar-refractivity contribution is -0.123. The molecule has 8 heteroatoms. The molecule has 0 bridgehead atoms. The largest absolute Gasteiger partial charge is 0.483 e. The molecule has 1 N–H and O–H groups in total. The Balaban J connectivity index is 1.51. The van der Waals surface area contributed by atoms with Gasteiger partial charge in [0.05, 0.1) is 6.21 Å². The SMILES string of the molecule is Cc1ccccc1OCC(=O)NN=Cc1ccc(OS(=O)(=O)c2ccccc2)cc1. The molecular weight excluding hydrogens is 404 g/mol. The fourth-order valence-electron chi connectivity index (χ4n) is 2.44. The Morgan fingerprint density at radius 1 is 0.967 bits per heavy atom. The van der Waals surface area contributed by atoms with E-state index in [1.165, 1.54) is 30.5 Å². The molecule has 0 spiro atoms. The quantitative estimate of drug-likeness (QED) is 0.340. The molecule has 0 saturated heterocycles. The summed E-state index contributed by atoms with van der Waals surface area (Å²) in [6, 6.07) is 21.5. The highest BCUT2D eigenvalue weighted by Crippen LogP contribution is 2.18. The van der Waals surface area contributed by atoms with Gasteiger partial charge in [-0.15, -0.1) is 0 Å². The maximum absolute atomic E-state index is 12.2. The van der Waals surface area contributed by atoms with E-state index in [2.05, 4.69) is 10.5 Å². The summed E-state index contributed by atoms with van der Waals surface area (Å²) in [4.78, 5) is 11.9. The second kappa shape index (κ2) is 9.71. The molecule has 1 amide bonds. The smallest absolute Gasteiger partial charge is 0.339 e. The fourth-order valence-corrected chi connectivity index (χ4v) is 3.40. The van der Waals surface area contributed by atoms with Gasteiger partial charge in [0.2, 0.25) is 0 Å². The summed E-state index contributed by atoms with van der Waals surface area (Å²) in [5.74, 6) is 0.410. The number of para-hydroxylation sites is 1. The Labute approximate surface area is 175 Å². The molecule has 0 aliphatic rings. The van der Waals surface area contributed by atoms with Crippen LogP contribution in [0.5, 0.6) is 11.5 Å². The molecule has 0 saturated carbocycles. The average Bonchev–Trinajstić information content (AvgIpc) is 2.75. The summed E-state index contributed by atoms with van der Waals surface area (Å²) in [5, 5.41) is 3.86. The fraction of sp³-hybridized carbons (Fsp3) is 0.0909. The number of nitrogens with zero attached hydrogens (tertiary/aromatic N) is 1. The highest BCUT2D eigenvalue weighted by Gasteiger charge is 2.15. The van der Waals surface area contributed by atoms with Gasteiger partial charge in [0.25, 0.3) is 5.91 Å². The third kappa shape index (κ3) is 5.92. The summed E-state index contributed by atoms with van der Waals surface area (Å²) in [5.41, 5.74) is 3.96. The monoisotopic (exact) mass is 424 g/mol. The van der Waals surface area contributed by atoms with E-state index in [0.29, 0.717) is 11.3 Å². The minimum atomic E-state index is -3.89. The first-order valence-electron chi connectivity index (χ1n) is 9.04. The van der Waals surface area contributed by atoms with E-state index in [1.54, 1.807) is 36.4 Å².